The minimum Gasteiger partial charge on any atom is -0.384 e. The average molecular weight is 426 g/mol. The van der Waals surface area contributed by atoms with Crippen LogP contribution in [-0.2, 0) is 24.4 Å². The number of aliphatic hydroxyl groups is 1. The van der Waals surface area contributed by atoms with Gasteiger partial charge in [0.05, 0.1) is 36.2 Å². The molecule has 164 valence electrons. The lowest BCUT2D eigenvalue weighted by Crippen LogP contribution is -2.26. The fraction of sp³-hybridized carbons (Fsp3) is 0.333. The number of aryl methyl sites for hydroxylation is 1. The summed E-state index contributed by atoms with van der Waals surface area (Å²) in [6, 6.07) is 4.87. The molecular formula is C24H28FN3O3. The lowest BCUT2D eigenvalue weighted by Gasteiger charge is -2.15. The van der Waals surface area contributed by atoms with E-state index in [1.54, 1.807) is 23.6 Å². The molecule has 0 aliphatic carbocycles. The van der Waals surface area contributed by atoms with Crippen LogP contribution in [0.4, 0.5) is 4.39 Å². The number of rotatable bonds is 5. The highest BCUT2D eigenvalue weighted by Crippen LogP contribution is 2.37. The Bertz CT molecular complexity index is 1220. The van der Waals surface area contributed by atoms with Crippen molar-refractivity contribution in [3.8, 4) is 11.4 Å². The number of aromatic nitrogens is 2. The molecule has 7 heteroatoms. The van der Waals surface area contributed by atoms with Crippen LogP contribution in [0.5, 0.6) is 0 Å². The molecule has 6 nitrogen and oxygen atoms in total. The van der Waals surface area contributed by atoms with E-state index in [-0.39, 0.29) is 24.5 Å². The van der Waals surface area contributed by atoms with Crippen LogP contribution >= 0.6 is 0 Å². The van der Waals surface area contributed by atoms with Gasteiger partial charge in [-0.05, 0) is 35.7 Å². The molecule has 1 aromatic carbocycles. The van der Waals surface area contributed by atoms with Crippen LogP contribution < -0.4 is 11.3 Å². The third kappa shape index (κ3) is 3.69. The van der Waals surface area contributed by atoms with Gasteiger partial charge in [-0.15, -0.1) is 6.58 Å². The molecule has 1 atom stereocenters. The molecule has 0 radical (unpaired) electrons. The van der Waals surface area contributed by atoms with Crippen molar-refractivity contribution in [1.29, 1.82) is 0 Å². The Hall–Kier alpha value is -2.87. The maximum atomic E-state index is 14.2. The van der Waals surface area contributed by atoms with Crippen molar-refractivity contribution in [1.82, 2.24) is 9.55 Å². The highest BCUT2D eigenvalue weighted by atomic mass is 19.1. The van der Waals surface area contributed by atoms with Crippen LogP contribution in [0.2, 0.25) is 0 Å². The zero-order valence-electron chi connectivity index (χ0n) is 18.3. The van der Waals surface area contributed by atoms with E-state index in [1.165, 1.54) is 19.3 Å². The topological polar surface area (TPSA) is 90.4 Å². The summed E-state index contributed by atoms with van der Waals surface area (Å²) in [5.74, 6) is -0.346. The standard InChI is InChI=1S/C22H22FN3O3.C2H6/c1-4-20(27)13-6-19-21-15(9-26(19)22(28)16(13)10-29-3)14(8-24)12-5-11(2)17(23)7-18(12)25-21;1-2/h4-7,20,27H,1,8-10,24H2,2-3H3;1-2H3. The molecule has 2 aromatic heterocycles. The largest absolute Gasteiger partial charge is 0.384 e. The number of halogens is 1. The number of hydrogen-bond donors (Lipinski definition) is 2. The van der Waals surface area contributed by atoms with Crippen LogP contribution in [0, 0.1) is 12.7 Å². The van der Waals surface area contributed by atoms with Crippen LogP contribution in [-0.4, -0.2) is 21.8 Å². The molecule has 0 saturated carbocycles. The molecule has 3 aromatic rings. The summed E-state index contributed by atoms with van der Waals surface area (Å²) in [4.78, 5) is 17.8. The van der Waals surface area contributed by atoms with Crippen LogP contribution in [0.1, 0.15) is 47.8 Å². The van der Waals surface area contributed by atoms with Crippen molar-refractivity contribution < 1.29 is 14.2 Å². The molecular weight excluding hydrogens is 397 g/mol. The van der Waals surface area contributed by atoms with Gasteiger partial charge in [0.1, 0.15) is 5.82 Å². The Kier molecular flexibility index (Phi) is 6.69. The molecule has 31 heavy (non-hydrogen) atoms. The van der Waals surface area contributed by atoms with Gasteiger partial charge in [-0.3, -0.25) is 4.79 Å². The van der Waals surface area contributed by atoms with Gasteiger partial charge in [0.25, 0.3) is 5.56 Å². The van der Waals surface area contributed by atoms with Gasteiger partial charge in [-0.2, -0.15) is 0 Å². The lowest BCUT2D eigenvalue weighted by atomic mass is 9.98. The van der Waals surface area contributed by atoms with Crippen molar-refractivity contribution in [2.45, 2.75) is 46.6 Å². The number of fused-ring (bicyclic) bond motifs is 4. The molecule has 1 aliphatic heterocycles. The summed E-state index contributed by atoms with van der Waals surface area (Å²) in [6.45, 7) is 9.94. The van der Waals surface area contributed by atoms with E-state index in [4.69, 9.17) is 10.5 Å². The van der Waals surface area contributed by atoms with Gasteiger partial charge in [0, 0.05) is 36.2 Å². The smallest absolute Gasteiger partial charge is 0.257 e. The molecule has 0 spiro atoms. The second-order valence-corrected chi connectivity index (χ2v) is 7.21. The Morgan fingerprint density at radius 1 is 1.35 bits per heavy atom. The number of ether oxygens (including phenoxy) is 1. The van der Waals surface area contributed by atoms with Crippen LogP contribution in [0.3, 0.4) is 0 Å². The van der Waals surface area contributed by atoms with Crippen molar-refractivity contribution >= 4 is 10.9 Å². The zero-order valence-corrected chi connectivity index (χ0v) is 18.3. The predicted molar refractivity (Wildman–Crippen MR) is 120 cm³/mol. The second-order valence-electron chi connectivity index (χ2n) is 7.21. The first kappa shape index (κ1) is 22.8. The third-order valence-electron chi connectivity index (χ3n) is 5.51. The molecule has 3 heterocycles. The van der Waals surface area contributed by atoms with E-state index in [9.17, 15) is 14.3 Å². The lowest BCUT2D eigenvalue weighted by molar-refractivity contribution is 0.175. The summed E-state index contributed by atoms with van der Waals surface area (Å²) < 4.78 is 20.9. The van der Waals surface area contributed by atoms with E-state index in [1.807, 2.05) is 13.8 Å². The van der Waals surface area contributed by atoms with Crippen LogP contribution in [0.15, 0.2) is 35.6 Å². The third-order valence-corrected chi connectivity index (χ3v) is 5.51. The Labute approximate surface area is 180 Å². The second kappa shape index (κ2) is 9.09. The molecule has 0 fully saturated rings. The van der Waals surface area contributed by atoms with E-state index < -0.39 is 6.10 Å². The number of aliphatic hydroxyl groups excluding tert-OH is 1. The van der Waals surface area contributed by atoms with Crippen molar-refractivity contribution in [2.75, 3.05) is 7.11 Å². The van der Waals surface area contributed by atoms with E-state index >= 15 is 0 Å². The maximum Gasteiger partial charge on any atom is 0.257 e. The monoisotopic (exact) mass is 425 g/mol. The number of methoxy groups -OCH3 is 1. The summed E-state index contributed by atoms with van der Waals surface area (Å²) in [7, 11) is 1.49. The predicted octanol–water partition coefficient (Wildman–Crippen LogP) is 3.72. The van der Waals surface area contributed by atoms with Gasteiger partial charge in [0.15, 0.2) is 0 Å². The number of benzene rings is 1. The molecule has 4 rings (SSSR count). The van der Waals surface area contributed by atoms with E-state index in [0.717, 1.165) is 16.5 Å². The van der Waals surface area contributed by atoms with Gasteiger partial charge in [0.2, 0.25) is 0 Å². The van der Waals surface area contributed by atoms with Crippen LogP contribution in [0.25, 0.3) is 22.3 Å². The Balaban J connectivity index is 0.00000132. The molecule has 1 unspecified atom stereocenters. The fourth-order valence-corrected chi connectivity index (χ4v) is 4.01. The van der Waals surface area contributed by atoms with Gasteiger partial charge < -0.3 is 20.1 Å². The van der Waals surface area contributed by atoms with Gasteiger partial charge >= 0.3 is 0 Å². The van der Waals surface area contributed by atoms with Gasteiger partial charge in [-0.25, -0.2) is 9.37 Å². The van der Waals surface area contributed by atoms with Crippen molar-refractivity contribution in [3.05, 3.63) is 74.8 Å². The van der Waals surface area contributed by atoms with Crippen molar-refractivity contribution in [2.24, 2.45) is 5.73 Å². The summed E-state index contributed by atoms with van der Waals surface area (Å²) >= 11 is 0. The zero-order chi connectivity index (χ0) is 22.9. The van der Waals surface area contributed by atoms with E-state index in [2.05, 4.69) is 11.6 Å². The molecule has 0 bridgehead atoms. The fourth-order valence-electron chi connectivity index (χ4n) is 4.01. The highest BCUT2D eigenvalue weighted by Gasteiger charge is 2.29. The summed E-state index contributed by atoms with van der Waals surface area (Å²) in [5.41, 5.74) is 10.4. The molecule has 1 aliphatic rings. The summed E-state index contributed by atoms with van der Waals surface area (Å²) in [6.07, 6.45) is 0.343. The first-order valence-corrected chi connectivity index (χ1v) is 10.3. The highest BCUT2D eigenvalue weighted by molar-refractivity contribution is 5.88. The Morgan fingerprint density at radius 3 is 2.68 bits per heavy atom. The molecule has 3 N–H and O–H groups in total. The maximum absolute atomic E-state index is 14.2. The molecule has 0 saturated heterocycles. The number of nitrogens with two attached hydrogens (primary N) is 1. The number of hydrogen-bond acceptors (Lipinski definition) is 5. The SMILES string of the molecule is C=CC(O)c1cc2n(c(=O)c1COC)Cc1c-2nc2cc(F)c(C)cc2c1CN.CC. The molecule has 0 amide bonds. The minimum absolute atomic E-state index is 0.0687. The average Bonchev–Trinajstić information content (AvgIpc) is 3.14. The first-order chi connectivity index (χ1) is 14.9. The summed E-state index contributed by atoms with van der Waals surface area (Å²) in [5, 5.41) is 11.2. The first-order valence-electron chi connectivity index (χ1n) is 10.3. The number of pyridine rings is 2. The number of nitrogens with zero attached hydrogens (tertiary/aromatic N) is 2. The van der Waals surface area contributed by atoms with Gasteiger partial charge in [-0.1, -0.05) is 19.9 Å². The quantitative estimate of drug-likeness (QED) is 0.476. The minimum atomic E-state index is -1.02. The van der Waals surface area contributed by atoms with E-state index in [0.29, 0.717) is 40.1 Å². The van der Waals surface area contributed by atoms with Crippen molar-refractivity contribution in [3.63, 3.8) is 0 Å². The Morgan fingerprint density at radius 2 is 2.06 bits per heavy atom. The normalized spacial score (nSPS) is 12.7.